The minimum Gasteiger partial charge on any atom is -0.508 e. The molecule has 6 heterocycles. The number of ether oxygens (including phenoxy) is 5. The Morgan fingerprint density at radius 1 is 1.01 bits per heavy atom. The number of phenols is 2. The minimum atomic E-state index is -0.825. The van der Waals surface area contributed by atoms with Gasteiger partial charge in [-0.05, 0) is 115 Å². The zero-order chi connectivity index (χ0) is 54.5. The molecule has 16 heteroatoms. The Morgan fingerprint density at radius 3 is 2.71 bits per heavy atom. The third-order valence-electron chi connectivity index (χ3n) is 18.5. The first-order chi connectivity index (χ1) is 38.5. The maximum Gasteiger partial charge on any atom is 0.302 e. The fourth-order valence-corrected chi connectivity index (χ4v) is 17.4. The number of rotatable bonds is 8. The lowest BCUT2D eigenvalue weighted by Gasteiger charge is -2.39. The number of aliphatic hydroxyl groups excluding tert-OH is 2. The smallest absolute Gasteiger partial charge is 0.302 e. The summed E-state index contributed by atoms with van der Waals surface area (Å²) in [6.45, 7) is 3.87. The summed E-state index contributed by atoms with van der Waals surface area (Å²) >= 11 is 0. The van der Waals surface area contributed by atoms with Crippen molar-refractivity contribution in [2.24, 2.45) is 29.4 Å². The molecule has 3 aromatic rings. The Labute approximate surface area is 471 Å². The van der Waals surface area contributed by atoms with Crippen LogP contribution < -0.4 is 35.9 Å². The van der Waals surface area contributed by atoms with E-state index in [-0.39, 0.29) is 61.2 Å². The number of carbonyl (C=O) groups is 1. The quantitative estimate of drug-likeness (QED) is 0.0461. The number of fused-ring (bicyclic) bond motifs is 10. The first kappa shape index (κ1) is 54.3. The lowest BCUT2D eigenvalue weighted by molar-refractivity contribution is -0.141. The second-order valence-corrected chi connectivity index (χ2v) is 25.9. The van der Waals surface area contributed by atoms with Crippen molar-refractivity contribution in [3.05, 3.63) is 92.2 Å². The van der Waals surface area contributed by atoms with E-state index in [1.807, 2.05) is 27.7 Å². The van der Waals surface area contributed by atoms with Gasteiger partial charge in [0.25, 0.3) is 0 Å². The number of aliphatic hydroxyl groups is 2. The number of benzene rings is 3. The molecule has 9 aliphatic rings. The van der Waals surface area contributed by atoms with Crippen molar-refractivity contribution in [3.8, 4) is 63.6 Å². The molecule has 6 aliphatic heterocycles. The minimum absolute atomic E-state index is 0.00937. The van der Waals surface area contributed by atoms with Gasteiger partial charge in [0.05, 0.1) is 30.4 Å². The van der Waals surface area contributed by atoms with Crippen molar-refractivity contribution >= 4 is 33.6 Å². The Bertz CT molecular complexity index is 3120. The molecule has 12 atom stereocenters. The van der Waals surface area contributed by atoms with Gasteiger partial charge >= 0.3 is 5.97 Å². The summed E-state index contributed by atoms with van der Waals surface area (Å²) in [5, 5.41) is 57.1. The first-order valence-corrected chi connectivity index (χ1v) is 31.1. The SMILES string of the molecule is CCC1=CC2=C(C#C[C@H]3C#CC[C@H](COC)[C@H](CO)CNCc4c(O)c5c(c(c43)[C@H]3Oc4c(ccc6c4[C@@]4(CC[C@H](C2)C4)Cc2cc(O)cc(OCO)c2-6)[C@@H]3COC(C)=O)C=C[C@@H]2N[C@@H]3CCC[C@@H](CSSC[C@H]2O5)C3)NC1N. The molecule has 0 aromatic heterocycles. The van der Waals surface area contributed by atoms with Crippen LogP contribution in [0, 0.1) is 47.4 Å². The number of nitrogens with one attached hydrogen (secondary N) is 3. The van der Waals surface area contributed by atoms with Gasteiger partial charge in [-0.3, -0.25) is 4.79 Å². The van der Waals surface area contributed by atoms with E-state index in [2.05, 4.69) is 76.9 Å². The summed E-state index contributed by atoms with van der Waals surface area (Å²) in [5.74, 6) is 16.6. The van der Waals surface area contributed by atoms with Crippen LogP contribution in [-0.4, -0.2) is 103 Å². The average Bonchev–Trinajstić information content (AvgIpc) is 4.15. The van der Waals surface area contributed by atoms with Gasteiger partial charge in [0, 0.05) is 108 Å². The molecule has 12 rings (SSSR count). The van der Waals surface area contributed by atoms with Gasteiger partial charge in [-0.15, -0.1) is 5.92 Å². The maximum atomic E-state index is 13.3. The van der Waals surface area contributed by atoms with Crippen molar-refractivity contribution in [1.82, 2.24) is 16.0 Å². The molecule has 3 aliphatic carbocycles. The standard InChI is InChI=1S/C63H74N4O10S2/c1-4-37-21-40-19-35-17-18-63(24-35)25-41-22-44(71)23-52(75-33-69)54(41)46-13-12-45-49(30-74-34(2)70)59(77-60(45)57(46)63)56-47-14-16-51-53(32-79-78-31-36-7-5-10-43(20-36)66-51)76-61(47)58(72)48-27-65-26-42(28-68)39(29-73-3)9-6-8-38(55(48)56)11-15-50(40)67-62(37)64/h12-14,16,21-23,35-36,38-39,42-43,49,51,53,59,62,65-69,71-72H,4-5,7,9-10,17-20,24-33,64H2,1-3H3/t35-,36-,38-,39-,42+,43-,49+,51+,53-,59+,62?,63-/m1/s1. The van der Waals surface area contributed by atoms with Gasteiger partial charge in [-0.25, -0.2) is 0 Å². The number of esters is 1. The molecule has 0 amide bonds. The van der Waals surface area contributed by atoms with E-state index in [1.165, 1.54) is 19.8 Å². The van der Waals surface area contributed by atoms with E-state index >= 15 is 0 Å². The number of carbonyl (C=O) groups excluding carboxylic acids is 1. The summed E-state index contributed by atoms with van der Waals surface area (Å²) in [6.07, 6.45) is 14.6. The van der Waals surface area contributed by atoms with Crippen LogP contribution in [0.5, 0.6) is 28.7 Å². The van der Waals surface area contributed by atoms with Crippen molar-refractivity contribution in [1.29, 1.82) is 0 Å². The molecule has 1 spiro atoms. The molecular weight excluding hydrogens is 1040 g/mol. The molecular formula is C63H74N4O10S2. The zero-order valence-electron chi connectivity index (χ0n) is 45.5. The van der Waals surface area contributed by atoms with Crippen molar-refractivity contribution in [2.45, 2.75) is 139 Å². The number of allylic oxidation sites excluding steroid dienone is 3. The number of dihydropyridines is 1. The highest BCUT2D eigenvalue weighted by Gasteiger charge is 2.52. The molecule has 6 bridgehead atoms. The van der Waals surface area contributed by atoms with Crippen LogP contribution in [-0.2, 0) is 32.6 Å². The van der Waals surface area contributed by atoms with E-state index in [0.29, 0.717) is 77.6 Å². The number of nitrogens with two attached hydrogens (primary N) is 1. The van der Waals surface area contributed by atoms with Crippen LogP contribution in [0.2, 0.25) is 0 Å². The zero-order valence-corrected chi connectivity index (χ0v) is 47.1. The Kier molecular flexibility index (Phi) is 15.8. The molecule has 2 saturated carbocycles. The first-order valence-electron chi connectivity index (χ1n) is 28.6. The molecule has 79 heavy (non-hydrogen) atoms. The third-order valence-corrected chi connectivity index (χ3v) is 21.1. The molecule has 3 fully saturated rings. The van der Waals surface area contributed by atoms with E-state index < -0.39 is 42.3 Å². The number of hydrogen-bond acceptors (Lipinski definition) is 16. The van der Waals surface area contributed by atoms with Gasteiger partial charge in [0.15, 0.2) is 18.3 Å². The number of methoxy groups -OCH3 is 1. The van der Waals surface area contributed by atoms with Crippen LogP contribution in [0.1, 0.15) is 135 Å². The van der Waals surface area contributed by atoms with E-state index in [0.717, 1.165) is 101 Å². The molecule has 1 saturated heterocycles. The Hall–Kier alpha value is -5.27. The average molecular weight is 1110 g/mol. The normalized spacial score (nSPS) is 31.2. The van der Waals surface area contributed by atoms with Gasteiger partial charge < -0.3 is 65.8 Å². The van der Waals surface area contributed by atoms with Gasteiger partial charge in [-0.1, -0.05) is 77.1 Å². The van der Waals surface area contributed by atoms with Crippen LogP contribution in [0.4, 0.5) is 0 Å². The monoisotopic (exact) mass is 1110 g/mol. The predicted octanol–water partition coefficient (Wildman–Crippen LogP) is 8.49. The fourth-order valence-electron chi connectivity index (χ4n) is 14.8. The molecule has 3 aromatic carbocycles. The molecule has 0 radical (unpaired) electrons. The number of aromatic hydroxyl groups is 2. The number of phenolic OH excluding ortho intramolecular Hbond substituents is 2. The van der Waals surface area contributed by atoms with Crippen LogP contribution in [0.25, 0.3) is 17.2 Å². The van der Waals surface area contributed by atoms with Crippen molar-refractivity contribution < 1.29 is 48.9 Å². The molecule has 1 unspecified atom stereocenters. The summed E-state index contributed by atoms with van der Waals surface area (Å²) in [6, 6.07) is 7.74. The summed E-state index contributed by atoms with van der Waals surface area (Å²) in [4.78, 5) is 13.2. The van der Waals surface area contributed by atoms with Crippen molar-refractivity contribution in [3.63, 3.8) is 0 Å². The van der Waals surface area contributed by atoms with Crippen molar-refractivity contribution in [2.75, 3.05) is 51.8 Å². The molecule has 9 N–H and O–H groups in total. The van der Waals surface area contributed by atoms with E-state index in [1.54, 1.807) is 13.2 Å². The summed E-state index contributed by atoms with van der Waals surface area (Å²) < 4.78 is 33.1. The third kappa shape index (κ3) is 10.3. The Balaban J connectivity index is 1.16. The number of hydrogen-bond donors (Lipinski definition) is 8. The van der Waals surface area contributed by atoms with E-state index in [9.17, 15) is 25.2 Å². The highest BCUT2D eigenvalue weighted by Crippen LogP contribution is 2.64. The van der Waals surface area contributed by atoms with Crippen LogP contribution in [0.15, 0.2) is 53.3 Å². The second kappa shape index (κ2) is 22.9. The highest BCUT2D eigenvalue weighted by molar-refractivity contribution is 8.76. The topological polar surface area (TPSA) is 206 Å². The summed E-state index contributed by atoms with van der Waals surface area (Å²) in [7, 11) is 5.40. The Morgan fingerprint density at radius 2 is 1.89 bits per heavy atom. The highest BCUT2D eigenvalue weighted by atomic mass is 33.1. The maximum absolute atomic E-state index is 13.3. The predicted molar refractivity (Wildman–Crippen MR) is 308 cm³/mol. The van der Waals surface area contributed by atoms with Gasteiger partial charge in [0.2, 0.25) is 0 Å². The molecule has 14 nitrogen and oxygen atoms in total. The summed E-state index contributed by atoms with van der Waals surface area (Å²) in [5.41, 5.74) is 16.6. The van der Waals surface area contributed by atoms with E-state index in [4.69, 9.17) is 29.4 Å². The van der Waals surface area contributed by atoms with Crippen LogP contribution in [0.3, 0.4) is 0 Å². The lowest BCUT2D eigenvalue weighted by atomic mass is 9.65. The fraction of sp³-hybridized carbons (Fsp3) is 0.540. The van der Waals surface area contributed by atoms with Gasteiger partial charge in [0.1, 0.15) is 42.0 Å². The second-order valence-electron chi connectivity index (χ2n) is 23.4. The van der Waals surface area contributed by atoms with Gasteiger partial charge in [-0.2, -0.15) is 0 Å². The lowest BCUT2D eigenvalue weighted by Crippen LogP contribution is -2.49. The van der Waals surface area contributed by atoms with Crippen LogP contribution >= 0.6 is 21.6 Å². The largest absolute Gasteiger partial charge is 0.508 e. The molecule has 418 valence electrons.